The van der Waals surface area contributed by atoms with Gasteiger partial charge in [-0.05, 0) is 5.56 Å². The second-order valence-corrected chi connectivity index (χ2v) is 5.37. The third-order valence-corrected chi connectivity index (χ3v) is 4.48. The van der Waals surface area contributed by atoms with Crippen LogP contribution in [0.2, 0.25) is 0 Å². The second-order valence-electron chi connectivity index (χ2n) is 5.37. The number of rotatable bonds is 2. The van der Waals surface area contributed by atoms with E-state index < -0.39 is 6.10 Å². The number of quaternary nitrogens is 1. The molecule has 3 heteroatoms. The summed E-state index contributed by atoms with van der Waals surface area (Å²) in [5.74, 6) is 0.399. The van der Waals surface area contributed by atoms with Gasteiger partial charge in [0.05, 0.1) is 13.1 Å². The highest BCUT2D eigenvalue weighted by Crippen LogP contribution is 2.28. The molecule has 2 bridgehead atoms. The van der Waals surface area contributed by atoms with Gasteiger partial charge in [0.25, 0.3) is 0 Å². The van der Waals surface area contributed by atoms with Gasteiger partial charge in [0.15, 0.2) is 0 Å². The van der Waals surface area contributed by atoms with Crippen molar-refractivity contribution < 1.29 is 15.1 Å². The summed E-state index contributed by atoms with van der Waals surface area (Å²) >= 11 is 0. The number of aliphatic hydroxyl groups excluding tert-OH is 2. The molecule has 1 aromatic carbocycles. The molecule has 17 heavy (non-hydrogen) atoms. The van der Waals surface area contributed by atoms with Gasteiger partial charge in [-0.15, -0.1) is 0 Å². The summed E-state index contributed by atoms with van der Waals surface area (Å²) in [6.45, 7) is 2.19. The zero-order chi connectivity index (χ0) is 11.8. The Labute approximate surface area is 102 Å². The largest absolute Gasteiger partial charge is 0.387 e. The van der Waals surface area contributed by atoms with E-state index >= 15 is 0 Å². The maximum absolute atomic E-state index is 10.5. The highest BCUT2D eigenvalue weighted by molar-refractivity contribution is 5.19. The number of piperidine rings is 3. The van der Waals surface area contributed by atoms with Crippen molar-refractivity contribution in [1.82, 2.24) is 0 Å². The Balaban J connectivity index is 1.84. The highest BCUT2D eigenvalue weighted by Gasteiger charge is 2.48. The summed E-state index contributed by atoms with van der Waals surface area (Å²) in [6.07, 6.45) is 1.33. The molecule has 3 heterocycles. The summed E-state index contributed by atoms with van der Waals surface area (Å²) in [5.41, 5.74) is 0.927. The van der Waals surface area contributed by atoms with Crippen LogP contribution < -0.4 is 4.90 Å². The minimum absolute atomic E-state index is 0.0371. The second kappa shape index (κ2) is 4.41. The van der Waals surface area contributed by atoms with Crippen LogP contribution >= 0.6 is 0 Å². The molecule has 3 fully saturated rings. The van der Waals surface area contributed by atoms with Gasteiger partial charge >= 0.3 is 0 Å². The molecule has 0 radical (unpaired) electrons. The molecule has 3 aliphatic rings. The first-order chi connectivity index (χ1) is 8.27. The fraction of sp³-hybridized carbons (Fsp3) is 0.571. The summed E-state index contributed by atoms with van der Waals surface area (Å²) < 4.78 is 0. The van der Waals surface area contributed by atoms with E-state index in [1.807, 2.05) is 30.3 Å². The first kappa shape index (κ1) is 11.2. The molecule has 0 amide bonds. The van der Waals surface area contributed by atoms with Gasteiger partial charge in [0, 0.05) is 18.8 Å². The lowest BCUT2D eigenvalue weighted by molar-refractivity contribution is -0.951. The van der Waals surface area contributed by atoms with Crippen molar-refractivity contribution in [2.24, 2.45) is 5.92 Å². The van der Waals surface area contributed by atoms with Gasteiger partial charge < -0.3 is 15.1 Å². The Morgan fingerprint density at radius 1 is 1.12 bits per heavy atom. The topological polar surface area (TPSA) is 44.9 Å². The van der Waals surface area contributed by atoms with Crippen molar-refractivity contribution >= 4 is 0 Å². The van der Waals surface area contributed by atoms with Crippen LogP contribution in [0.5, 0.6) is 0 Å². The monoisotopic (exact) mass is 234 g/mol. The molecule has 4 rings (SSSR count). The zero-order valence-electron chi connectivity index (χ0n) is 9.92. The molecule has 3 atom stereocenters. The number of fused-ring (bicyclic) bond motifs is 3. The van der Waals surface area contributed by atoms with Crippen molar-refractivity contribution in [2.45, 2.75) is 31.1 Å². The average Bonchev–Trinajstić information content (AvgIpc) is 2.40. The Kier molecular flexibility index (Phi) is 2.90. The molecular weight excluding hydrogens is 214 g/mol. The molecule has 92 valence electrons. The molecular formula is C14H20NO2+. The average molecular weight is 234 g/mol. The van der Waals surface area contributed by atoms with E-state index in [2.05, 4.69) is 0 Å². The minimum Gasteiger partial charge on any atom is -0.387 e. The smallest absolute Gasteiger partial charge is 0.144 e. The van der Waals surface area contributed by atoms with Crippen molar-refractivity contribution in [1.29, 1.82) is 0 Å². The van der Waals surface area contributed by atoms with Crippen LogP contribution in [0.25, 0.3) is 0 Å². The SMILES string of the molecule is O[C@H](c1ccccc1)[C@@H]1[C@H](O)C2CC[NH+]1CC2. The van der Waals surface area contributed by atoms with Crippen LogP contribution in [-0.4, -0.2) is 35.4 Å². The Morgan fingerprint density at radius 2 is 1.76 bits per heavy atom. The Bertz CT molecular complexity index is 371. The molecule has 3 aliphatic heterocycles. The van der Waals surface area contributed by atoms with Crippen LogP contribution in [0.15, 0.2) is 30.3 Å². The van der Waals surface area contributed by atoms with E-state index in [9.17, 15) is 10.2 Å². The lowest BCUT2D eigenvalue weighted by Crippen LogP contribution is -3.21. The summed E-state index contributed by atoms with van der Waals surface area (Å²) in [7, 11) is 0. The van der Waals surface area contributed by atoms with E-state index in [1.54, 1.807) is 0 Å². The molecule has 3 nitrogen and oxygen atoms in total. The Morgan fingerprint density at radius 3 is 2.35 bits per heavy atom. The number of hydrogen-bond acceptors (Lipinski definition) is 2. The van der Waals surface area contributed by atoms with Crippen molar-refractivity contribution in [3.63, 3.8) is 0 Å². The third-order valence-electron chi connectivity index (χ3n) is 4.48. The first-order valence-electron chi connectivity index (χ1n) is 6.53. The fourth-order valence-corrected chi connectivity index (χ4v) is 3.49. The van der Waals surface area contributed by atoms with Gasteiger partial charge in [-0.1, -0.05) is 30.3 Å². The van der Waals surface area contributed by atoms with Crippen molar-refractivity contribution in [2.75, 3.05) is 13.1 Å². The molecule has 0 aliphatic carbocycles. The van der Waals surface area contributed by atoms with E-state index in [0.29, 0.717) is 5.92 Å². The predicted molar refractivity (Wildman–Crippen MR) is 64.6 cm³/mol. The minimum atomic E-state index is -0.538. The first-order valence-corrected chi connectivity index (χ1v) is 6.53. The van der Waals surface area contributed by atoms with E-state index in [4.69, 9.17) is 0 Å². The molecule has 3 saturated heterocycles. The summed E-state index contributed by atoms with van der Waals surface area (Å²) in [5, 5.41) is 20.8. The van der Waals surface area contributed by atoms with Gasteiger partial charge in [0.2, 0.25) is 0 Å². The highest BCUT2D eigenvalue weighted by atomic mass is 16.3. The lowest BCUT2D eigenvalue weighted by Gasteiger charge is -2.47. The molecule has 1 aromatic rings. The maximum atomic E-state index is 10.5. The fourth-order valence-electron chi connectivity index (χ4n) is 3.49. The normalized spacial score (nSPS) is 38.0. The van der Waals surface area contributed by atoms with Gasteiger partial charge in [-0.25, -0.2) is 0 Å². The molecule has 0 unspecified atom stereocenters. The maximum Gasteiger partial charge on any atom is 0.144 e. The number of benzene rings is 1. The van der Waals surface area contributed by atoms with Crippen LogP contribution in [-0.2, 0) is 0 Å². The molecule has 0 spiro atoms. The molecule has 0 aromatic heterocycles. The summed E-state index contributed by atoms with van der Waals surface area (Å²) in [4.78, 5) is 1.37. The van der Waals surface area contributed by atoms with Crippen LogP contribution in [0.1, 0.15) is 24.5 Å². The van der Waals surface area contributed by atoms with Crippen LogP contribution in [0, 0.1) is 5.92 Å². The van der Waals surface area contributed by atoms with E-state index in [-0.39, 0.29) is 12.1 Å². The lowest BCUT2D eigenvalue weighted by atomic mass is 9.77. The van der Waals surface area contributed by atoms with Gasteiger partial charge in [0.1, 0.15) is 18.2 Å². The van der Waals surface area contributed by atoms with Crippen LogP contribution in [0.3, 0.4) is 0 Å². The quantitative estimate of drug-likeness (QED) is 0.661. The predicted octanol–water partition coefficient (Wildman–Crippen LogP) is -0.242. The third kappa shape index (κ3) is 1.88. The van der Waals surface area contributed by atoms with E-state index in [0.717, 1.165) is 31.5 Å². The standard InChI is InChI=1S/C14H19NO2/c16-13(10-4-2-1-3-5-10)12-14(17)11-6-8-15(12)9-7-11/h1-5,11-14,16-17H,6-9H2/p+1/t12-,13-,14-/m1/s1. The van der Waals surface area contributed by atoms with Crippen molar-refractivity contribution in [3.05, 3.63) is 35.9 Å². The van der Waals surface area contributed by atoms with Gasteiger partial charge in [-0.2, -0.15) is 0 Å². The molecule has 3 N–H and O–H groups in total. The Hall–Kier alpha value is -0.900. The summed E-state index contributed by atoms with van der Waals surface area (Å²) in [6, 6.07) is 9.69. The van der Waals surface area contributed by atoms with E-state index in [1.165, 1.54) is 4.90 Å². The van der Waals surface area contributed by atoms with Gasteiger partial charge in [-0.3, -0.25) is 0 Å². The number of aliphatic hydroxyl groups is 2. The number of nitrogens with one attached hydrogen (secondary N) is 1. The van der Waals surface area contributed by atoms with Crippen LogP contribution in [0.4, 0.5) is 0 Å². The van der Waals surface area contributed by atoms with Crippen molar-refractivity contribution in [3.8, 4) is 0 Å². The zero-order valence-corrected chi connectivity index (χ0v) is 9.92. The molecule has 0 saturated carbocycles. The number of hydrogen-bond donors (Lipinski definition) is 3.